The van der Waals surface area contributed by atoms with Crippen molar-refractivity contribution in [1.29, 1.82) is 0 Å². The highest BCUT2D eigenvalue weighted by Gasteiger charge is 2.29. The van der Waals surface area contributed by atoms with E-state index >= 15 is 0 Å². The molecular formula is C17H26ClN5O. The van der Waals surface area contributed by atoms with Gasteiger partial charge in [-0.05, 0) is 20.4 Å². The van der Waals surface area contributed by atoms with Gasteiger partial charge >= 0.3 is 0 Å². The maximum atomic E-state index is 12.3. The molecule has 1 aromatic heterocycles. The van der Waals surface area contributed by atoms with Gasteiger partial charge in [-0.3, -0.25) is 4.79 Å². The van der Waals surface area contributed by atoms with Gasteiger partial charge in [0, 0.05) is 44.7 Å². The lowest BCUT2D eigenvalue weighted by Gasteiger charge is -2.38. The summed E-state index contributed by atoms with van der Waals surface area (Å²) in [5, 5.41) is -0.491. The molecule has 0 bridgehead atoms. The Kier molecular flexibility index (Phi) is 5.25. The molecular weight excluding hydrogens is 326 g/mol. The molecule has 2 aliphatic heterocycles. The second-order valence-corrected chi connectivity index (χ2v) is 7.22. The summed E-state index contributed by atoms with van der Waals surface area (Å²) in [7, 11) is 0. The highest BCUT2D eigenvalue weighted by atomic mass is 35.5. The van der Waals surface area contributed by atoms with Crippen LogP contribution < -0.4 is 4.90 Å². The van der Waals surface area contributed by atoms with E-state index in [1.165, 1.54) is 0 Å². The van der Waals surface area contributed by atoms with E-state index in [1.807, 2.05) is 11.8 Å². The highest BCUT2D eigenvalue weighted by Crippen LogP contribution is 2.28. The summed E-state index contributed by atoms with van der Waals surface area (Å²) < 4.78 is 0. The number of likely N-dealkylation sites (N-methyl/N-ethyl adjacent to an activating group) is 1. The first kappa shape index (κ1) is 17.4. The fraction of sp³-hybridized carbons (Fsp3) is 0.706. The predicted octanol–water partition coefficient (Wildman–Crippen LogP) is 1.44. The van der Waals surface area contributed by atoms with Crippen LogP contribution in [0.2, 0.25) is 0 Å². The summed E-state index contributed by atoms with van der Waals surface area (Å²) in [6.07, 6.45) is 0.774. The van der Waals surface area contributed by atoms with Crippen LogP contribution in [-0.2, 0) is 17.8 Å². The first-order valence-electron chi connectivity index (χ1n) is 8.76. The number of halogens is 1. The molecule has 0 aromatic carbocycles. The van der Waals surface area contributed by atoms with Crippen LogP contribution in [0.4, 0.5) is 5.82 Å². The molecule has 3 heterocycles. The molecule has 1 saturated heterocycles. The van der Waals surface area contributed by atoms with Crippen molar-refractivity contribution in [1.82, 2.24) is 19.8 Å². The van der Waals surface area contributed by atoms with Gasteiger partial charge in [-0.2, -0.15) is 0 Å². The largest absolute Gasteiger partial charge is 0.354 e. The number of aryl methyl sites for hydroxylation is 1. The minimum Gasteiger partial charge on any atom is -0.354 e. The molecule has 0 aliphatic carbocycles. The van der Waals surface area contributed by atoms with Crippen molar-refractivity contribution in [2.45, 2.75) is 39.1 Å². The molecule has 24 heavy (non-hydrogen) atoms. The lowest BCUT2D eigenvalue weighted by atomic mass is 10.0. The van der Waals surface area contributed by atoms with E-state index in [0.717, 1.165) is 62.0 Å². The lowest BCUT2D eigenvalue weighted by molar-refractivity contribution is -0.131. The van der Waals surface area contributed by atoms with Crippen molar-refractivity contribution < 1.29 is 4.79 Å². The van der Waals surface area contributed by atoms with E-state index in [1.54, 1.807) is 6.92 Å². The molecule has 6 nitrogen and oxygen atoms in total. The zero-order valence-electron chi connectivity index (χ0n) is 14.8. The third-order valence-corrected chi connectivity index (χ3v) is 5.11. The van der Waals surface area contributed by atoms with E-state index in [9.17, 15) is 4.79 Å². The summed E-state index contributed by atoms with van der Waals surface area (Å²) in [6, 6.07) is 0. The van der Waals surface area contributed by atoms with Gasteiger partial charge in [0.2, 0.25) is 5.91 Å². The fourth-order valence-electron chi connectivity index (χ4n) is 3.49. The molecule has 1 amide bonds. The average Bonchev–Trinajstić information content (AvgIpc) is 2.60. The molecule has 3 rings (SSSR count). The number of hydrogen-bond donors (Lipinski definition) is 0. The van der Waals surface area contributed by atoms with Crippen LogP contribution in [-0.4, -0.2) is 70.3 Å². The van der Waals surface area contributed by atoms with Crippen LogP contribution in [0.3, 0.4) is 0 Å². The molecule has 1 fully saturated rings. The number of fused-ring (bicyclic) bond motifs is 1. The normalized spacial score (nSPS) is 20.0. The Morgan fingerprint density at radius 1 is 1.21 bits per heavy atom. The van der Waals surface area contributed by atoms with E-state index in [-0.39, 0.29) is 5.91 Å². The predicted molar refractivity (Wildman–Crippen MR) is 95.5 cm³/mol. The van der Waals surface area contributed by atoms with E-state index < -0.39 is 5.38 Å². The number of carbonyl (C=O) groups is 1. The minimum atomic E-state index is -0.491. The van der Waals surface area contributed by atoms with Gasteiger partial charge in [-0.25, -0.2) is 9.97 Å². The monoisotopic (exact) mass is 351 g/mol. The van der Waals surface area contributed by atoms with Gasteiger partial charge < -0.3 is 14.7 Å². The topological polar surface area (TPSA) is 52.6 Å². The van der Waals surface area contributed by atoms with Crippen molar-refractivity contribution >= 4 is 23.3 Å². The lowest BCUT2D eigenvalue weighted by Crippen LogP contribution is -2.47. The molecule has 0 radical (unpaired) electrons. The summed E-state index contributed by atoms with van der Waals surface area (Å²) in [5.41, 5.74) is 2.18. The minimum absolute atomic E-state index is 0.00959. The Morgan fingerprint density at radius 3 is 2.54 bits per heavy atom. The molecule has 2 aliphatic rings. The number of alkyl halides is 1. The van der Waals surface area contributed by atoms with Gasteiger partial charge in [0.25, 0.3) is 0 Å². The van der Waals surface area contributed by atoms with Crippen molar-refractivity contribution in [3.8, 4) is 0 Å². The number of anilines is 1. The number of amides is 1. The average molecular weight is 352 g/mol. The smallest absolute Gasteiger partial charge is 0.240 e. The molecule has 1 atom stereocenters. The zero-order chi connectivity index (χ0) is 17.3. The van der Waals surface area contributed by atoms with Gasteiger partial charge in [-0.1, -0.05) is 6.92 Å². The van der Waals surface area contributed by atoms with Crippen LogP contribution in [0.25, 0.3) is 0 Å². The van der Waals surface area contributed by atoms with Gasteiger partial charge in [0.05, 0.1) is 12.2 Å². The van der Waals surface area contributed by atoms with Crippen molar-refractivity contribution in [3.63, 3.8) is 0 Å². The number of piperazine rings is 1. The number of nitrogens with zero attached hydrogens (tertiary/aromatic N) is 5. The first-order chi connectivity index (χ1) is 11.5. The number of carbonyl (C=O) groups excluding carboxylic acids is 1. The van der Waals surface area contributed by atoms with Crippen LogP contribution in [0, 0.1) is 6.92 Å². The van der Waals surface area contributed by atoms with Crippen LogP contribution >= 0.6 is 11.6 Å². The summed E-state index contributed by atoms with van der Waals surface area (Å²) >= 11 is 6.00. The molecule has 1 aromatic rings. The van der Waals surface area contributed by atoms with Crippen molar-refractivity contribution in [2.75, 3.05) is 44.2 Å². The van der Waals surface area contributed by atoms with Crippen molar-refractivity contribution in [3.05, 3.63) is 17.1 Å². The van der Waals surface area contributed by atoms with Crippen molar-refractivity contribution in [2.24, 2.45) is 0 Å². The van der Waals surface area contributed by atoms with Crippen LogP contribution in [0.15, 0.2) is 0 Å². The third-order valence-electron chi connectivity index (χ3n) is 4.92. The second kappa shape index (κ2) is 7.23. The number of rotatable bonds is 3. The molecule has 0 spiro atoms. The molecule has 7 heteroatoms. The Bertz CT molecular complexity index is 613. The van der Waals surface area contributed by atoms with Crippen LogP contribution in [0.1, 0.15) is 30.9 Å². The number of hydrogen-bond acceptors (Lipinski definition) is 5. The Balaban J connectivity index is 1.86. The Labute approximate surface area is 148 Å². The maximum Gasteiger partial charge on any atom is 0.240 e. The summed E-state index contributed by atoms with van der Waals surface area (Å²) in [4.78, 5) is 28.3. The third kappa shape index (κ3) is 3.49. The first-order valence-corrected chi connectivity index (χ1v) is 9.19. The fourth-order valence-corrected chi connectivity index (χ4v) is 3.63. The SMILES string of the molecule is CCN1CCN(c2nc(C)nc3c2CN(C(=O)C(C)Cl)CC3)CC1. The Morgan fingerprint density at radius 2 is 1.92 bits per heavy atom. The summed E-state index contributed by atoms with van der Waals surface area (Å²) in [5.74, 6) is 1.81. The van der Waals surface area contributed by atoms with E-state index in [2.05, 4.69) is 21.7 Å². The zero-order valence-corrected chi connectivity index (χ0v) is 15.5. The summed E-state index contributed by atoms with van der Waals surface area (Å²) in [6.45, 7) is 12.3. The van der Waals surface area contributed by atoms with E-state index in [4.69, 9.17) is 16.6 Å². The second-order valence-electron chi connectivity index (χ2n) is 6.57. The van der Waals surface area contributed by atoms with Crippen LogP contribution in [0.5, 0.6) is 0 Å². The van der Waals surface area contributed by atoms with Gasteiger partial charge in [-0.15, -0.1) is 11.6 Å². The molecule has 0 saturated carbocycles. The van der Waals surface area contributed by atoms with Gasteiger partial charge in [0.15, 0.2) is 0 Å². The highest BCUT2D eigenvalue weighted by molar-refractivity contribution is 6.30. The Hall–Kier alpha value is -1.40. The van der Waals surface area contributed by atoms with E-state index in [0.29, 0.717) is 13.1 Å². The maximum absolute atomic E-state index is 12.3. The quantitative estimate of drug-likeness (QED) is 0.771. The van der Waals surface area contributed by atoms with Gasteiger partial charge in [0.1, 0.15) is 17.0 Å². The molecule has 132 valence electrons. The number of aromatic nitrogens is 2. The standard InChI is InChI=1S/C17H26ClN5O/c1-4-21-7-9-22(10-8-21)16-14-11-23(17(24)12(2)18)6-5-15(14)19-13(3)20-16/h12H,4-11H2,1-3H3. The molecule has 1 unspecified atom stereocenters. The molecule has 0 N–H and O–H groups in total.